The zero-order valence-electron chi connectivity index (χ0n) is 19.0. The Bertz CT molecular complexity index is 1210. The first-order valence-corrected chi connectivity index (χ1v) is 11.6. The zero-order valence-corrected chi connectivity index (χ0v) is 20.6. The van der Waals surface area contributed by atoms with Crippen molar-refractivity contribution >= 4 is 15.9 Å². The van der Waals surface area contributed by atoms with Gasteiger partial charge < -0.3 is 9.84 Å². The molecule has 0 fully saturated rings. The van der Waals surface area contributed by atoms with Gasteiger partial charge in [-0.1, -0.05) is 76.6 Å². The van der Waals surface area contributed by atoms with Crippen molar-refractivity contribution in [3.05, 3.63) is 120 Å². The van der Waals surface area contributed by atoms with E-state index < -0.39 is 29.5 Å². The van der Waals surface area contributed by atoms with Crippen LogP contribution in [0.25, 0.3) is 0 Å². The summed E-state index contributed by atoms with van der Waals surface area (Å²) in [6.45, 7) is 0.0790. The van der Waals surface area contributed by atoms with Gasteiger partial charge in [-0.25, -0.2) is 9.97 Å². The predicted molar refractivity (Wildman–Crippen MR) is 130 cm³/mol. The minimum atomic E-state index is -4.58. The summed E-state index contributed by atoms with van der Waals surface area (Å²) < 4.78 is 78.5. The lowest BCUT2D eigenvalue weighted by atomic mass is 10.2. The summed E-state index contributed by atoms with van der Waals surface area (Å²) in [5.41, 5.74) is -0.122. The van der Waals surface area contributed by atoms with Crippen molar-refractivity contribution in [3.8, 4) is 11.5 Å². The summed E-state index contributed by atoms with van der Waals surface area (Å²) in [5.74, 6) is -1.10. The Kier molecular flexibility index (Phi) is 11.4. The third-order valence-electron chi connectivity index (χ3n) is 4.33. The molecule has 4 aromatic rings. The first-order valence-electron chi connectivity index (χ1n) is 10.5. The van der Waals surface area contributed by atoms with E-state index in [1.807, 2.05) is 24.3 Å². The van der Waals surface area contributed by atoms with Crippen molar-refractivity contribution < 1.29 is 36.2 Å². The third kappa shape index (κ3) is 10.5. The molecular weight excluding hydrogens is 566 g/mol. The van der Waals surface area contributed by atoms with Crippen LogP contribution in [0.2, 0.25) is 0 Å². The lowest BCUT2D eigenvalue weighted by Gasteiger charge is -2.12. The molecule has 0 radical (unpaired) electrons. The van der Waals surface area contributed by atoms with E-state index in [1.165, 1.54) is 23.8 Å². The molecule has 0 saturated heterocycles. The van der Waals surface area contributed by atoms with Crippen LogP contribution in [0.15, 0.2) is 97.3 Å². The van der Waals surface area contributed by atoms with Crippen LogP contribution < -0.4 is 4.74 Å². The molecule has 37 heavy (non-hydrogen) atoms. The maximum Gasteiger partial charge on any atom is 0.437 e. The quantitative estimate of drug-likeness (QED) is 0.194. The fraction of sp³-hybridized carbons (Fsp3) is 0.154. The van der Waals surface area contributed by atoms with Crippen LogP contribution in [0.3, 0.4) is 0 Å². The number of nitrogens with zero attached hydrogens (tertiary/aromatic N) is 2. The van der Waals surface area contributed by atoms with Gasteiger partial charge in [0, 0.05) is 17.7 Å². The minimum Gasteiger partial charge on any atom is -0.506 e. The number of pyridine rings is 2. The molecule has 0 aliphatic rings. The molecule has 2 heterocycles. The summed E-state index contributed by atoms with van der Waals surface area (Å²) in [6.07, 6.45) is -7.01. The standard InChI is InChI=1S/C13H10F3NO.C7H7Br.C6H4F3NO/c14-13(15,16)12-11(7-4-8-17-12)18-9-10-5-2-1-3-6-10;8-6-7-4-2-1-3-5-7;7-6(8,9)5-4(11)2-1-3-10-5/h1-8H,9H2;1-5H,6H2;1-3,11H. The summed E-state index contributed by atoms with van der Waals surface area (Å²) >= 11 is 3.36. The number of alkyl halides is 7. The molecule has 0 atom stereocenters. The molecule has 4 rings (SSSR count). The fourth-order valence-electron chi connectivity index (χ4n) is 2.64. The van der Waals surface area contributed by atoms with Crippen LogP contribution in [0.4, 0.5) is 26.3 Å². The second-order valence-corrected chi connectivity index (χ2v) is 7.67. The highest BCUT2D eigenvalue weighted by Gasteiger charge is 2.36. The monoisotopic (exact) mass is 586 g/mol. The van der Waals surface area contributed by atoms with E-state index in [0.717, 1.165) is 29.4 Å². The number of benzene rings is 2. The molecular formula is C26H21BrF6N2O2. The molecule has 2 aromatic carbocycles. The van der Waals surface area contributed by atoms with Crippen LogP contribution in [0.5, 0.6) is 11.5 Å². The van der Waals surface area contributed by atoms with Crippen LogP contribution >= 0.6 is 15.9 Å². The SMILES string of the molecule is BrCc1ccccc1.FC(F)(F)c1ncccc1OCc1ccccc1.Oc1cccnc1C(F)(F)F. The smallest absolute Gasteiger partial charge is 0.437 e. The Morgan fingerprint density at radius 2 is 1.14 bits per heavy atom. The Hall–Kier alpha value is -3.60. The van der Waals surface area contributed by atoms with Gasteiger partial charge in [0.1, 0.15) is 12.4 Å². The van der Waals surface area contributed by atoms with Gasteiger partial charge in [-0.05, 0) is 35.4 Å². The second-order valence-electron chi connectivity index (χ2n) is 7.11. The van der Waals surface area contributed by atoms with Crippen molar-refractivity contribution in [1.82, 2.24) is 9.97 Å². The van der Waals surface area contributed by atoms with Crippen LogP contribution in [-0.2, 0) is 24.3 Å². The van der Waals surface area contributed by atoms with Crippen molar-refractivity contribution in [3.63, 3.8) is 0 Å². The topological polar surface area (TPSA) is 55.2 Å². The molecule has 4 nitrogen and oxygen atoms in total. The molecule has 0 aliphatic heterocycles. The van der Waals surface area contributed by atoms with Crippen molar-refractivity contribution in [2.24, 2.45) is 0 Å². The zero-order chi connectivity index (χ0) is 27.3. The van der Waals surface area contributed by atoms with Crippen LogP contribution in [-0.4, -0.2) is 15.1 Å². The van der Waals surface area contributed by atoms with Gasteiger partial charge >= 0.3 is 12.4 Å². The Labute approximate surface area is 217 Å². The first kappa shape index (κ1) is 29.6. The van der Waals surface area contributed by atoms with Crippen molar-refractivity contribution in [2.75, 3.05) is 0 Å². The largest absolute Gasteiger partial charge is 0.506 e. The maximum absolute atomic E-state index is 12.6. The van der Waals surface area contributed by atoms with E-state index in [-0.39, 0.29) is 12.4 Å². The molecule has 0 unspecified atom stereocenters. The van der Waals surface area contributed by atoms with E-state index in [2.05, 4.69) is 38.0 Å². The molecule has 0 bridgehead atoms. The first-order chi connectivity index (χ1) is 17.5. The fourth-order valence-corrected chi connectivity index (χ4v) is 3.01. The summed E-state index contributed by atoms with van der Waals surface area (Å²) in [6, 6.07) is 24.1. The highest BCUT2D eigenvalue weighted by Crippen LogP contribution is 2.34. The molecule has 11 heteroatoms. The lowest BCUT2D eigenvalue weighted by molar-refractivity contribution is -0.143. The van der Waals surface area contributed by atoms with E-state index >= 15 is 0 Å². The maximum atomic E-state index is 12.6. The normalized spacial score (nSPS) is 10.9. The van der Waals surface area contributed by atoms with Gasteiger partial charge in [0.25, 0.3) is 0 Å². The number of hydrogen-bond acceptors (Lipinski definition) is 4. The number of hydrogen-bond donors (Lipinski definition) is 1. The summed E-state index contributed by atoms with van der Waals surface area (Å²) in [5, 5.41) is 9.62. The predicted octanol–water partition coefficient (Wildman–Crippen LogP) is 8.07. The van der Waals surface area contributed by atoms with Gasteiger partial charge in [-0.3, -0.25) is 0 Å². The number of halogens is 7. The highest BCUT2D eigenvalue weighted by molar-refractivity contribution is 9.08. The average Bonchev–Trinajstić information content (AvgIpc) is 2.88. The average molecular weight is 587 g/mol. The number of ether oxygens (including phenoxy) is 1. The third-order valence-corrected chi connectivity index (χ3v) is 4.98. The highest BCUT2D eigenvalue weighted by atomic mass is 79.9. The van der Waals surface area contributed by atoms with Gasteiger partial charge in [-0.2, -0.15) is 26.3 Å². The van der Waals surface area contributed by atoms with Gasteiger partial charge in [0.2, 0.25) is 0 Å². The van der Waals surface area contributed by atoms with E-state index in [0.29, 0.717) is 0 Å². The van der Waals surface area contributed by atoms with Crippen molar-refractivity contribution in [1.29, 1.82) is 0 Å². The number of rotatable bonds is 4. The Balaban J connectivity index is 0.000000215. The van der Waals surface area contributed by atoms with Crippen LogP contribution in [0.1, 0.15) is 22.5 Å². The van der Waals surface area contributed by atoms with Gasteiger partial charge in [0.05, 0.1) is 0 Å². The van der Waals surface area contributed by atoms with Crippen LogP contribution in [0, 0.1) is 0 Å². The van der Waals surface area contributed by atoms with E-state index in [4.69, 9.17) is 9.84 Å². The van der Waals surface area contributed by atoms with Crippen molar-refractivity contribution in [2.45, 2.75) is 24.3 Å². The second kappa shape index (κ2) is 14.2. The van der Waals surface area contributed by atoms with Gasteiger partial charge in [-0.15, -0.1) is 0 Å². The van der Waals surface area contributed by atoms with Gasteiger partial charge in [0.15, 0.2) is 17.1 Å². The Morgan fingerprint density at radius 1 is 0.649 bits per heavy atom. The summed E-state index contributed by atoms with van der Waals surface area (Å²) in [4.78, 5) is 6.29. The molecule has 0 amide bonds. The molecule has 0 saturated carbocycles. The van der Waals surface area contributed by atoms with E-state index in [1.54, 1.807) is 24.3 Å². The molecule has 0 aliphatic carbocycles. The Morgan fingerprint density at radius 3 is 1.57 bits per heavy atom. The molecule has 0 spiro atoms. The number of aromatic nitrogens is 2. The molecule has 2 aromatic heterocycles. The minimum absolute atomic E-state index is 0.0790. The lowest BCUT2D eigenvalue weighted by Crippen LogP contribution is -2.10. The number of aromatic hydroxyl groups is 1. The molecule has 1 N–H and O–H groups in total. The van der Waals surface area contributed by atoms with E-state index in [9.17, 15) is 26.3 Å². The summed E-state index contributed by atoms with van der Waals surface area (Å²) in [7, 11) is 0. The molecule has 196 valence electrons.